The van der Waals surface area contributed by atoms with Crippen LogP contribution in [0.25, 0.3) is 5.57 Å². The molecule has 0 heterocycles. The first-order valence-corrected chi connectivity index (χ1v) is 13.3. The zero-order valence-electron chi connectivity index (χ0n) is 22.9. The molecular weight excluding hydrogens is 488 g/mol. The van der Waals surface area contributed by atoms with Crippen LogP contribution in [0.3, 0.4) is 0 Å². The molecule has 1 aliphatic carbocycles. The molecule has 0 saturated carbocycles. The first-order chi connectivity index (χ1) is 18.9. The van der Waals surface area contributed by atoms with Crippen LogP contribution in [0.2, 0.25) is 0 Å². The van der Waals surface area contributed by atoms with Crippen LogP contribution >= 0.6 is 0 Å². The highest BCUT2D eigenvalue weighted by Gasteiger charge is 2.41. The largest absolute Gasteiger partial charge is 0.497 e. The predicted molar refractivity (Wildman–Crippen MR) is 155 cm³/mol. The fraction of sp³-hybridized carbons (Fsp3) is 0.303. The molecule has 1 amide bonds. The van der Waals surface area contributed by atoms with Gasteiger partial charge >= 0.3 is 0 Å². The third-order valence-electron chi connectivity index (χ3n) is 7.11. The second-order valence-electron chi connectivity index (χ2n) is 10.0. The summed E-state index contributed by atoms with van der Waals surface area (Å²) in [7, 11) is 3.21. The van der Waals surface area contributed by atoms with Gasteiger partial charge in [-0.2, -0.15) is 0 Å². The molecule has 0 aliphatic heterocycles. The van der Waals surface area contributed by atoms with Gasteiger partial charge in [-0.15, -0.1) is 0 Å². The minimum Gasteiger partial charge on any atom is -0.497 e. The Morgan fingerprint density at radius 3 is 2.36 bits per heavy atom. The van der Waals surface area contributed by atoms with Gasteiger partial charge in [0, 0.05) is 26.6 Å². The van der Waals surface area contributed by atoms with E-state index in [-0.39, 0.29) is 5.91 Å². The van der Waals surface area contributed by atoms with E-state index in [1.54, 1.807) is 14.2 Å². The quantitative estimate of drug-likeness (QED) is 0.319. The van der Waals surface area contributed by atoms with Crippen molar-refractivity contribution in [2.24, 2.45) is 0 Å². The van der Waals surface area contributed by atoms with Gasteiger partial charge in [0.05, 0.1) is 19.3 Å². The van der Waals surface area contributed by atoms with E-state index in [1.165, 1.54) is 0 Å². The van der Waals surface area contributed by atoms with Gasteiger partial charge in [-0.25, -0.2) is 0 Å². The van der Waals surface area contributed by atoms with Crippen LogP contribution in [0, 0.1) is 0 Å². The summed E-state index contributed by atoms with van der Waals surface area (Å²) in [6.07, 6.45) is 4.03. The van der Waals surface area contributed by atoms with Crippen molar-refractivity contribution in [3.63, 3.8) is 0 Å². The number of ether oxygens (including phenoxy) is 2. The van der Waals surface area contributed by atoms with Crippen LogP contribution in [0.5, 0.6) is 5.75 Å². The first-order valence-electron chi connectivity index (χ1n) is 13.3. The lowest BCUT2D eigenvalue weighted by atomic mass is 9.82. The molecule has 0 radical (unpaired) electrons. The summed E-state index contributed by atoms with van der Waals surface area (Å²) in [4.78, 5) is 13.9. The predicted octanol–water partition coefficient (Wildman–Crippen LogP) is 4.69. The lowest BCUT2D eigenvalue weighted by molar-refractivity contribution is -0.139. The number of nitrogens with one attached hydrogen (secondary N) is 2. The number of aliphatic hydroxyl groups excluding tert-OH is 1. The molecule has 204 valence electrons. The lowest BCUT2D eigenvalue weighted by Gasteiger charge is -2.35. The molecule has 6 nitrogen and oxygen atoms in total. The van der Waals surface area contributed by atoms with Crippen molar-refractivity contribution in [2.75, 3.05) is 20.8 Å². The third kappa shape index (κ3) is 7.45. The Hall–Kier alpha value is -3.71. The van der Waals surface area contributed by atoms with Crippen LogP contribution < -0.4 is 15.4 Å². The Bertz CT molecular complexity index is 1290. The third-order valence-corrected chi connectivity index (χ3v) is 7.11. The molecule has 3 atom stereocenters. The number of benzene rings is 3. The average molecular weight is 527 g/mol. The molecule has 1 aliphatic rings. The molecule has 4 rings (SSSR count). The second-order valence-corrected chi connectivity index (χ2v) is 10.0. The molecule has 0 fully saturated rings. The summed E-state index contributed by atoms with van der Waals surface area (Å²) < 4.78 is 11.2. The van der Waals surface area contributed by atoms with Crippen LogP contribution in [0.4, 0.5) is 0 Å². The zero-order valence-corrected chi connectivity index (χ0v) is 22.9. The number of carbonyl (C=O) groups excluding carboxylic acids is 1. The van der Waals surface area contributed by atoms with E-state index in [1.807, 2.05) is 97.9 Å². The van der Waals surface area contributed by atoms with Gasteiger partial charge in [0.2, 0.25) is 0 Å². The van der Waals surface area contributed by atoms with Gasteiger partial charge in [-0.1, -0.05) is 84.4 Å². The van der Waals surface area contributed by atoms with Crippen LogP contribution in [0.1, 0.15) is 30.0 Å². The average Bonchev–Trinajstić information content (AvgIpc) is 2.97. The van der Waals surface area contributed by atoms with Crippen molar-refractivity contribution in [3.8, 4) is 5.75 Å². The van der Waals surface area contributed by atoms with Crippen molar-refractivity contribution < 1.29 is 19.4 Å². The standard InChI is InChI=1S/C33H38N2O4/c1-24-17-28(27-14-8-5-9-15-27)21-33(20-24,39-3)32(37)35-30(19-25-11-6-4-7-12-25)31(36)23-34-22-26-13-10-16-29(18-26)38-2/h4-18,20,30-31,34,36H,19,21-23H2,1-3H3,(H,35,37)/t30-,31+,33?/m0/s1. The van der Waals surface area contributed by atoms with Crippen molar-refractivity contribution in [3.05, 3.63) is 119 Å². The molecule has 0 aromatic heterocycles. The monoisotopic (exact) mass is 526 g/mol. The van der Waals surface area contributed by atoms with Gasteiger partial charge in [0.15, 0.2) is 5.60 Å². The maximum Gasteiger partial charge on any atom is 0.256 e. The molecule has 39 heavy (non-hydrogen) atoms. The molecule has 1 unspecified atom stereocenters. The van der Waals surface area contributed by atoms with E-state index in [9.17, 15) is 9.90 Å². The highest BCUT2D eigenvalue weighted by atomic mass is 16.5. The highest BCUT2D eigenvalue weighted by molar-refractivity contribution is 5.92. The lowest BCUT2D eigenvalue weighted by Crippen LogP contribution is -2.56. The summed E-state index contributed by atoms with van der Waals surface area (Å²) in [6, 6.07) is 27.2. The topological polar surface area (TPSA) is 79.8 Å². The maximum atomic E-state index is 13.9. The number of rotatable bonds is 12. The second kappa shape index (κ2) is 13.4. The first kappa shape index (κ1) is 28.3. The van der Waals surface area contributed by atoms with Crippen LogP contribution in [0.15, 0.2) is 103 Å². The molecule has 0 bridgehead atoms. The van der Waals surface area contributed by atoms with Crippen molar-refractivity contribution in [2.45, 2.75) is 44.1 Å². The smallest absolute Gasteiger partial charge is 0.256 e. The van der Waals surface area contributed by atoms with Crippen molar-refractivity contribution >= 4 is 11.5 Å². The molecule has 0 saturated heterocycles. The minimum absolute atomic E-state index is 0.265. The number of hydrogen-bond donors (Lipinski definition) is 3. The van der Waals surface area contributed by atoms with Crippen LogP contribution in [-0.4, -0.2) is 49.5 Å². The minimum atomic E-state index is -1.17. The van der Waals surface area contributed by atoms with Crippen molar-refractivity contribution in [1.29, 1.82) is 0 Å². The normalized spacial score (nSPS) is 18.5. The summed E-state index contributed by atoms with van der Waals surface area (Å²) in [5.74, 6) is 0.521. The van der Waals surface area contributed by atoms with Gasteiger partial charge in [0.25, 0.3) is 5.91 Å². The zero-order chi connectivity index (χ0) is 27.7. The highest BCUT2D eigenvalue weighted by Crippen LogP contribution is 2.35. The van der Waals surface area contributed by atoms with E-state index in [0.717, 1.165) is 33.6 Å². The number of aliphatic hydroxyl groups is 1. The number of hydrogen-bond acceptors (Lipinski definition) is 5. The molecular formula is C33H38N2O4. The number of methoxy groups -OCH3 is 2. The van der Waals surface area contributed by atoms with Crippen molar-refractivity contribution in [1.82, 2.24) is 10.6 Å². The molecule has 3 aromatic rings. The fourth-order valence-corrected chi connectivity index (χ4v) is 5.01. The number of carbonyl (C=O) groups is 1. The van der Waals surface area contributed by atoms with E-state index < -0.39 is 17.7 Å². The SMILES string of the molecule is COc1cccc(CNC[C@@H](O)[C@H](Cc2ccccc2)NC(=O)C2(OC)C=C(C)C=C(c3ccccc3)C2)c1. The maximum absolute atomic E-state index is 13.9. The fourth-order valence-electron chi connectivity index (χ4n) is 5.01. The Balaban J connectivity index is 1.49. The van der Waals surface area contributed by atoms with E-state index in [2.05, 4.69) is 16.7 Å². The Morgan fingerprint density at radius 1 is 0.974 bits per heavy atom. The van der Waals surface area contributed by atoms with Gasteiger partial charge in [-0.05, 0) is 53.8 Å². The Kier molecular flexibility index (Phi) is 9.71. The molecule has 6 heteroatoms. The van der Waals surface area contributed by atoms with E-state index in [4.69, 9.17) is 9.47 Å². The summed E-state index contributed by atoms with van der Waals surface area (Å²) >= 11 is 0. The summed E-state index contributed by atoms with van der Waals surface area (Å²) in [6.45, 7) is 2.84. The number of allylic oxidation sites excluding steroid dienone is 2. The molecule has 0 spiro atoms. The Labute approximate surface area is 231 Å². The van der Waals surface area contributed by atoms with Gasteiger partial charge in [-0.3, -0.25) is 4.79 Å². The molecule has 3 N–H and O–H groups in total. The number of amides is 1. The van der Waals surface area contributed by atoms with Crippen LogP contribution in [-0.2, 0) is 22.5 Å². The Morgan fingerprint density at radius 2 is 1.67 bits per heavy atom. The summed E-state index contributed by atoms with van der Waals surface area (Å²) in [5, 5.41) is 17.7. The van der Waals surface area contributed by atoms with E-state index >= 15 is 0 Å². The summed E-state index contributed by atoms with van der Waals surface area (Å²) in [5.41, 5.74) is 3.95. The van der Waals surface area contributed by atoms with Gasteiger partial charge < -0.3 is 25.2 Å². The molecule has 3 aromatic carbocycles. The van der Waals surface area contributed by atoms with Gasteiger partial charge in [0.1, 0.15) is 5.75 Å². The van der Waals surface area contributed by atoms with E-state index in [0.29, 0.717) is 25.9 Å².